The number of anilines is 1. The van der Waals surface area contributed by atoms with Gasteiger partial charge in [0.1, 0.15) is 5.82 Å². The minimum absolute atomic E-state index is 0.216. The molecule has 0 amide bonds. The van der Waals surface area contributed by atoms with E-state index in [2.05, 4.69) is 10.3 Å². The largest absolute Gasteiger partial charge is 0.361 e. The molecule has 1 fully saturated rings. The highest BCUT2D eigenvalue weighted by Crippen LogP contribution is 2.28. The number of halogens is 1. The third-order valence-corrected chi connectivity index (χ3v) is 4.61. The van der Waals surface area contributed by atoms with Crippen LogP contribution in [0.3, 0.4) is 0 Å². The average Bonchev–Trinajstić information content (AvgIpc) is 2.79. The molecule has 96 valence electrons. The fraction of sp³-hybridized carbons (Fsp3) is 0.500. The lowest BCUT2D eigenvalue weighted by atomic mass is 9.89. The van der Waals surface area contributed by atoms with Crippen molar-refractivity contribution in [3.05, 3.63) is 24.0 Å². The van der Waals surface area contributed by atoms with Crippen LogP contribution < -0.4 is 5.32 Å². The second-order valence-electron chi connectivity index (χ2n) is 5.02. The first-order chi connectivity index (χ1) is 8.81. The number of hydrogen-bond donors (Lipinski definition) is 1. The van der Waals surface area contributed by atoms with Gasteiger partial charge >= 0.3 is 0 Å². The zero-order chi connectivity index (χ0) is 12.4. The number of nitrogens with zero attached hydrogens (tertiary/aromatic N) is 1. The fourth-order valence-electron chi connectivity index (χ4n) is 2.60. The lowest BCUT2D eigenvalue weighted by Gasteiger charge is -2.21. The minimum atomic E-state index is -0.216. The second kappa shape index (κ2) is 5.22. The van der Waals surface area contributed by atoms with E-state index in [0.717, 1.165) is 27.8 Å². The zero-order valence-corrected chi connectivity index (χ0v) is 11.1. The molecular weight excluding hydrogens is 247 g/mol. The normalized spacial score (nSPS) is 17.2. The lowest BCUT2D eigenvalue weighted by Crippen LogP contribution is -2.16. The Morgan fingerprint density at radius 2 is 2.11 bits per heavy atom. The van der Waals surface area contributed by atoms with Gasteiger partial charge in [0.05, 0.1) is 10.2 Å². The van der Waals surface area contributed by atoms with Crippen molar-refractivity contribution in [1.29, 1.82) is 0 Å². The van der Waals surface area contributed by atoms with Crippen LogP contribution in [0.1, 0.15) is 32.1 Å². The second-order valence-corrected chi connectivity index (χ2v) is 6.05. The van der Waals surface area contributed by atoms with E-state index in [1.807, 2.05) is 0 Å². The molecule has 1 N–H and O–H groups in total. The van der Waals surface area contributed by atoms with Crippen molar-refractivity contribution in [3.63, 3.8) is 0 Å². The summed E-state index contributed by atoms with van der Waals surface area (Å²) in [5.74, 6) is 0.564. The van der Waals surface area contributed by atoms with Crippen LogP contribution in [0.25, 0.3) is 10.2 Å². The molecule has 0 spiro atoms. The number of fused-ring (bicyclic) bond motifs is 1. The summed E-state index contributed by atoms with van der Waals surface area (Å²) in [4.78, 5) is 4.43. The van der Waals surface area contributed by atoms with Crippen molar-refractivity contribution >= 4 is 26.7 Å². The van der Waals surface area contributed by atoms with Gasteiger partial charge in [-0.1, -0.05) is 30.6 Å². The molecule has 4 heteroatoms. The van der Waals surface area contributed by atoms with Gasteiger partial charge in [-0.3, -0.25) is 0 Å². The van der Waals surface area contributed by atoms with Gasteiger partial charge in [0, 0.05) is 12.6 Å². The smallest absolute Gasteiger partial charge is 0.183 e. The third-order valence-electron chi connectivity index (χ3n) is 3.62. The summed E-state index contributed by atoms with van der Waals surface area (Å²) in [5, 5.41) is 4.33. The van der Waals surface area contributed by atoms with E-state index >= 15 is 0 Å². The zero-order valence-electron chi connectivity index (χ0n) is 10.3. The molecule has 3 rings (SSSR count). The number of aromatic nitrogens is 1. The van der Waals surface area contributed by atoms with Crippen LogP contribution in [0.2, 0.25) is 0 Å². The molecule has 1 aromatic carbocycles. The molecule has 1 aromatic heterocycles. The van der Waals surface area contributed by atoms with Crippen molar-refractivity contribution in [3.8, 4) is 0 Å². The van der Waals surface area contributed by atoms with E-state index in [4.69, 9.17) is 0 Å². The Balaban J connectivity index is 1.67. The lowest BCUT2D eigenvalue weighted by molar-refractivity contribution is 0.373. The quantitative estimate of drug-likeness (QED) is 0.887. The van der Waals surface area contributed by atoms with Crippen molar-refractivity contribution in [2.75, 3.05) is 11.9 Å². The van der Waals surface area contributed by atoms with Gasteiger partial charge in [-0.2, -0.15) is 0 Å². The number of hydrogen-bond acceptors (Lipinski definition) is 3. The monoisotopic (exact) mass is 264 g/mol. The Kier molecular flexibility index (Phi) is 3.46. The summed E-state index contributed by atoms with van der Waals surface area (Å²) in [7, 11) is 0. The average molecular weight is 264 g/mol. The molecular formula is C14H17FN2S. The number of benzene rings is 1. The van der Waals surface area contributed by atoms with E-state index in [0.29, 0.717) is 0 Å². The molecule has 1 aliphatic carbocycles. The van der Waals surface area contributed by atoms with Gasteiger partial charge in [0.25, 0.3) is 0 Å². The Bertz CT molecular complexity index is 532. The summed E-state index contributed by atoms with van der Waals surface area (Å²) in [6.07, 6.45) is 6.75. The molecule has 0 radical (unpaired) electrons. The maximum atomic E-state index is 13.1. The maximum Gasteiger partial charge on any atom is 0.183 e. The van der Waals surface area contributed by atoms with E-state index in [1.54, 1.807) is 17.4 Å². The van der Waals surface area contributed by atoms with Gasteiger partial charge in [-0.25, -0.2) is 9.37 Å². The summed E-state index contributed by atoms with van der Waals surface area (Å²) >= 11 is 1.61. The predicted molar refractivity (Wildman–Crippen MR) is 74.6 cm³/mol. The summed E-state index contributed by atoms with van der Waals surface area (Å²) in [5.41, 5.74) is 0.756. The third kappa shape index (κ3) is 2.64. The highest BCUT2D eigenvalue weighted by atomic mass is 32.1. The van der Waals surface area contributed by atoms with Crippen LogP contribution >= 0.6 is 11.3 Å². The van der Waals surface area contributed by atoms with Crippen LogP contribution in [0.4, 0.5) is 9.52 Å². The molecule has 1 saturated carbocycles. The minimum Gasteiger partial charge on any atom is -0.361 e. The van der Waals surface area contributed by atoms with Crippen LogP contribution in [0.15, 0.2) is 18.2 Å². The highest BCUT2D eigenvalue weighted by Gasteiger charge is 2.13. The Morgan fingerprint density at radius 3 is 2.94 bits per heavy atom. The summed E-state index contributed by atoms with van der Waals surface area (Å²) < 4.78 is 14.1. The van der Waals surface area contributed by atoms with E-state index in [1.165, 1.54) is 44.2 Å². The van der Waals surface area contributed by atoms with Gasteiger partial charge in [0.15, 0.2) is 5.13 Å². The van der Waals surface area contributed by atoms with Crippen molar-refractivity contribution in [1.82, 2.24) is 4.98 Å². The molecule has 0 saturated heterocycles. The summed E-state index contributed by atoms with van der Waals surface area (Å²) in [6.45, 7) is 1.00. The number of rotatable bonds is 3. The molecule has 18 heavy (non-hydrogen) atoms. The van der Waals surface area contributed by atoms with Crippen LogP contribution in [0, 0.1) is 11.7 Å². The molecule has 1 heterocycles. The van der Waals surface area contributed by atoms with E-state index in [-0.39, 0.29) is 5.82 Å². The van der Waals surface area contributed by atoms with Gasteiger partial charge < -0.3 is 5.32 Å². The molecule has 0 aliphatic heterocycles. The number of thiazole rings is 1. The molecule has 2 nitrogen and oxygen atoms in total. The first kappa shape index (κ1) is 11.9. The number of nitrogens with one attached hydrogen (secondary N) is 1. The van der Waals surface area contributed by atoms with Crippen molar-refractivity contribution in [2.24, 2.45) is 5.92 Å². The van der Waals surface area contributed by atoms with E-state index < -0.39 is 0 Å². The first-order valence-electron chi connectivity index (χ1n) is 6.61. The van der Waals surface area contributed by atoms with Gasteiger partial charge in [0.2, 0.25) is 0 Å². The molecule has 1 aliphatic rings. The van der Waals surface area contributed by atoms with E-state index in [9.17, 15) is 4.39 Å². The highest BCUT2D eigenvalue weighted by molar-refractivity contribution is 7.22. The molecule has 0 bridgehead atoms. The SMILES string of the molecule is Fc1ccc2sc(NCC3CCCCC3)nc2c1. The van der Waals surface area contributed by atoms with Gasteiger partial charge in [-0.05, 0) is 30.9 Å². The fourth-order valence-corrected chi connectivity index (χ4v) is 3.45. The Hall–Kier alpha value is -1.16. The standard InChI is InChI=1S/C14H17FN2S/c15-11-6-7-13-12(8-11)17-14(18-13)16-9-10-4-2-1-3-5-10/h6-8,10H,1-5,9H2,(H,16,17). The van der Waals surface area contributed by atoms with Crippen LogP contribution in [-0.4, -0.2) is 11.5 Å². The van der Waals surface area contributed by atoms with Crippen LogP contribution in [0.5, 0.6) is 0 Å². The maximum absolute atomic E-state index is 13.1. The first-order valence-corrected chi connectivity index (χ1v) is 7.43. The molecule has 2 aromatic rings. The molecule has 0 atom stereocenters. The Labute approximate surface area is 110 Å². The van der Waals surface area contributed by atoms with Crippen molar-refractivity contribution < 1.29 is 4.39 Å². The molecule has 0 unspecified atom stereocenters. The van der Waals surface area contributed by atoms with Crippen molar-refractivity contribution in [2.45, 2.75) is 32.1 Å². The van der Waals surface area contributed by atoms with Gasteiger partial charge in [-0.15, -0.1) is 0 Å². The predicted octanol–water partition coefficient (Wildman–Crippen LogP) is 4.43. The van der Waals surface area contributed by atoms with Crippen LogP contribution in [-0.2, 0) is 0 Å². The Morgan fingerprint density at radius 1 is 1.28 bits per heavy atom. The summed E-state index contributed by atoms with van der Waals surface area (Å²) in [6, 6.07) is 4.79. The topological polar surface area (TPSA) is 24.9 Å².